The fourth-order valence-electron chi connectivity index (χ4n) is 5.06. The summed E-state index contributed by atoms with van der Waals surface area (Å²) in [5, 5.41) is 9.48. The van der Waals surface area contributed by atoms with Crippen molar-refractivity contribution in [3.05, 3.63) is 82.5 Å². The van der Waals surface area contributed by atoms with Crippen molar-refractivity contribution in [3.8, 4) is 11.6 Å². The van der Waals surface area contributed by atoms with Crippen molar-refractivity contribution in [2.45, 2.75) is 43.3 Å². The van der Waals surface area contributed by atoms with Crippen LogP contribution < -0.4 is 4.74 Å². The topological polar surface area (TPSA) is 92.2 Å². The minimum atomic E-state index is -0.844. The quantitative estimate of drug-likeness (QED) is 0.307. The predicted molar refractivity (Wildman–Crippen MR) is 150 cm³/mol. The molecule has 2 aromatic carbocycles. The summed E-state index contributed by atoms with van der Waals surface area (Å²) in [5.41, 5.74) is 3.05. The lowest BCUT2D eigenvalue weighted by Gasteiger charge is -2.38. The number of amides is 1. The minimum absolute atomic E-state index is 0.0222. The highest BCUT2D eigenvalue weighted by molar-refractivity contribution is 8.00. The molecular formula is C29H30ClN3O5S. The Morgan fingerprint density at radius 1 is 1.15 bits per heavy atom. The molecular weight excluding hydrogens is 538 g/mol. The maximum Gasteiger partial charge on any atom is 0.410 e. The first-order valence-electron chi connectivity index (χ1n) is 12.9. The summed E-state index contributed by atoms with van der Waals surface area (Å²) in [6.45, 7) is 4.87. The van der Waals surface area contributed by atoms with Gasteiger partial charge >= 0.3 is 12.1 Å². The van der Waals surface area contributed by atoms with Crippen LogP contribution in [-0.2, 0) is 16.1 Å². The number of carboxylic acid groups (broad SMARTS) is 1. The molecule has 0 aliphatic carbocycles. The average molecular weight is 568 g/mol. The third kappa shape index (κ3) is 6.84. The Hall–Kier alpha value is -3.27. The number of rotatable bonds is 9. The Morgan fingerprint density at radius 3 is 2.62 bits per heavy atom. The van der Waals surface area contributed by atoms with Crippen molar-refractivity contribution < 1.29 is 24.2 Å². The van der Waals surface area contributed by atoms with E-state index >= 15 is 0 Å². The molecule has 3 heterocycles. The molecule has 3 aromatic rings. The molecule has 39 heavy (non-hydrogen) atoms. The van der Waals surface area contributed by atoms with Gasteiger partial charge in [0, 0.05) is 47.4 Å². The number of carboxylic acids is 1. The standard InChI is InChI=1S/C29H30ClN3O5S/c1-19-21(5-10-27(31-19)38-24-6-8-25(9-7-24)39-18-28(34)35)16-32-13-11-23(12-14-32)33-26(17-37-29(33)36)20-3-2-4-22(30)15-20/h2-10,15,23,26H,11-14,16-18H2,1H3,(H,34,35)/t26-/m0/s1. The SMILES string of the molecule is Cc1nc(Oc2ccc(SCC(=O)O)cc2)ccc1CN1CCC(N2C(=O)OC[C@H]2c2cccc(Cl)c2)CC1. The molecule has 0 radical (unpaired) electrons. The van der Waals surface area contributed by atoms with E-state index in [4.69, 9.17) is 26.2 Å². The molecule has 10 heteroatoms. The molecule has 1 atom stereocenters. The number of likely N-dealkylation sites (tertiary alicyclic amines) is 1. The lowest BCUT2D eigenvalue weighted by Crippen LogP contribution is -2.46. The van der Waals surface area contributed by atoms with Crippen molar-refractivity contribution in [3.63, 3.8) is 0 Å². The third-order valence-electron chi connectivity index (χ3n) is 7.07. The number of aliphatic carboxylic acids is 1. The zero-order valence-electron chi connectivity index (χ0n) is 21.6. The normalized spacial score (nSPS) is 18.3. The van der Waals surface area contributed by atoms with Crippen LogP contribution in [0.15, 0.2) is 65.6 Å². The number of pyridine rings is 1. The Labute approximate surface area is 236 Å². The lowest BCUT2D eigenvalue weighted by molar-refractivity contribution is -0.133. The smallest absolute Gasteiger partial charge is 0.410 e. The number of aryl methyl sites for hydroxylation is 1. The molecule has 0 saturated carbocycles. The Kier molecular flexibility index (Phi) is 8.60. The Morgan fingerprint density at radius 2 is 1.92 bits per heavy atom. The maximum absolute atomic E-state index is 12.6. The van der Waals surface area contributed by atoms with E-state index in [1.54, 1.807) is 0 Å². The van der Waals surface area contributed by atoms with Gasteiger partial charge in [-0.25, -0.2) is 9.78 Å². The van der Waals surface area contributed by atoms with Gasteiger partial charge in [-0.15, -0.1) is 11.8 Å². The van der Waals surface area contributed by atoms with Gasteiger partial charge in [-0.2, -0.15) is 0 Å². The van der Waals surface area contributed by atoms with E-state index in [1.165, 1.54) is 11.8 Å². The van der Waals surface area contributed by atoms with Crippen LogP contribution in [0.25, 0.3) is 0 Å². The summed E-state index contributed by atoms with van der Waals surface area (Å²) in [7, 11) is 0. The Balaban J connectivity index is 1.15. The number of benzene rings is 2. The lowest BCUT2D eigenvalue weighted by atomic mass is 9.98. The van der Waals surface area contributed by atoms with E-state index in [0.29, 0.717) is 23.3 Å². The number of cyclic esters (lactones) is 1. The third-order valence-corrected chi connectivity index (χ3v) is 8.30. The number of piperidine rings is 1. The number of nitrogens with zero attached hydrogens (tertiary/aromatic N) is 3. The molecule has 2 aliphatic rings. The van der Waals surface area contributed by atoms with Crippen molar-refractivity contribution in [1.82, 2.24) is 14.8 Å². The number of aromatic nitrogens is 1. The molecule has 5 rings (SSSR count). The second-order valence-electron chi connectivity index (χ2n) is 9.71. The first-order chi connectivity index (χ1) is 18.9. The van der Waals surface area contributed by atoms with Gasteiger partial charge in [-0.1, -0.05) is 29.8 Å². The summed E-state index contributed by atoms with van der Waals surface area (Å²) in [4.78, 5) is 33.2. The van der Waals surface area contributed by atoms with Crippen LogP contribution in [0.4, 0.5) is 4.79 Å². The van der Waals surface area contributed by atoms with E-state index in [2.05, 4.69) is 9.88 Å². The zero-order valence-corrected chi connectivity index (χ0v) is 23.2. The van der Waals surface area contributed by atoms with Gasteiger partial charge in [0.15, 0.2) is 0 Å². The van der Waals surface area contributed by atoms with Crippen molar-refractivity contribution in [2.24, 2.45) is 0 Å². The average Bonchev–Trinajstić information content (AvgIpc) is 3.31. The Bertz CT molecular complexity index is 1330. The van der Waals surface area contributed by atoms with E-state index < -0.39 is 5.97 Å². The second kappa shape index (κ2) is 12.3. The highest BCUT2D eigenvalue weighted by Crippen LogP contribution is 2.34. The van der Waals surface area contributed by atoms with Crippen LogP contribution in [0.3, 0.4) is 0 Å². The molecule has 2 fully saturated rings. The van der Waals surface area contributed by atoms with Crippen molar-refractivity contribution in [2.75, 3.05) is 25.4 Å². The monoisotopic (exact) mass is 567 g/mol. The summed E-state index contributed by atoms with van der Waals surface area (Å²) in [6.07, 6.45) is 1.50. The molecule has 1 aromatic heterocycles. The van der Waals surface area contributed by atoms with Crippen LogP contribution >= 0.6 is 23.4 Å². The number of thioether (sulfide) groups is 1. The molecule has 0 unspecified atom stereocenters. The number of hydrogen-bond donors (Lipinski definition) is 1. The maximum atomic E-state index is 12.6. The highest BCUT2D eigenvalue weighted by atomic mass is 35.5. The first-order valence-corrected chi connectivity index (χ1v) is 14.2. The van der Waals surface area contributed by atoms with E-state index in [-0.39, 0.29) is 23.9 Å². The van der Waals surface area contributed by atoms with Gasteiger partial charge in [-0.05, 0) is 67.3 Å². The van der Waals surface area contributed by atoms with Crippen LogP contribution in [0.1, 0.15) is 35.7 Å². The number of carbonyl (C=O) groups excluding carboxylic acids is 1. The first kappa shape index (κ1) is 27.3. The molecule has 0 bridgehead atoms. The minimum Gasteiger partial charge on any atom is -0.481 e. The number of carbonyl (C=O) groups is 2. The number of hydrogen-bond acceptors (Lipinski definition) is 7. The van der Waals surface area contributed by atoms with Gasteiger partial charge < -0.3 is 14.6 Å². The van der Waals surface area contributed by atoms with E-state index in [9.17, 15) is 9.59 Å². The molecule has 1 amide bonds. The van der Waals surface area contributed by atoms with Crippen LogP contribution in [-0.4, -0.2) is 63.4 Å². The van der Waals surface area contributed by atoms with E-state index in [1.807, 2.05) is 72.5 Å². The highest BCUT2D eigenvalue weighted by Gasteiger charge is 2.40. The van der Waals surface area contributed by atoms with Gasteiger partial charge in [0.1, 0.15) is 12.4 Å². The molecule has 1 N–H and O–H groups in total. The number of halogens is 1. The van der Waals surface area contributed by atoms with E-state index in [0.717, 1.165) is 54.2 Å². The van der Waals surface area contributed by atoms with Gasteiger partial charge in [0.25, 0.3) is 0 Å². The molecule has 2 aliphatic heterocycles. The summed E-state index contributed by atoms with van der Waals surface area (Å²) < 4.78 is 11.3. The fraction of sp³-hybridized carbons (Fsp3) is 0.345. The van der Waals surface area contributed by atoms with Gasteiger partial charge in [0.05, 0.1) is 11.8 Å². The molecule has 8 nitrogen and oxygen atoms in total. The van der Waals surface area contributed by atoms with Gasteiger partial charge in [0.2, 0.25) is 5.88 Å². The van der Waals surface area contributed by atoms with Gasteiger partial charge in [-0.3, -0.25) is 14.6 Å². The number of ether oxygens (including phenoxy) is 2. The molecule has 204 valence electrons. The summed E-state index contributed by atoms with van der Waals surface area (Å²) in [5.74, 6) is 0.339. The summed E-state index contributed by atoms with van der Waals surface area (Å²) >= 11 is 7.46. The summed E-state index contributed by atoms with van der Waals surface area (Å²) in [6, 6.07) is 18.9. The molecule has 0 spiro atoms. The predicted octanol–water partition coefficient (Wildman–Crippen LogP) is 6.17. The zero-order chi connectivity index (χ0) is 27.4. The second-order valence-corrected chi connectivity index (χ2v) is 11.2. The largest absolute Gasteiger partial charge is 0.481 e. The van der Waals surface area contributed by atoms with Crippen LogP contribution in [0.5, 0.6) is 11.6 Å². The van der Waals surface area contributed by atoms with Crippen molar-refractivity contribution >= 4 is 35.4 Å². The van der Waals surface area contributed by atoms with Crippen LogP contribution in [0.2, 0.25) is 5.02 Å². The molecule has 2 saturated heterocycles. The van der Waals surface area contributed by atoms with Crippen LogP contribution in [0, 0.1) is 6.92 Å². The van der Waals surface area contributed by atoms with Crippen molar-refractivity contribution in [1.29, 1.82) is 0 Å². The fourth-order valence-corrected chi connectivity index (χ4v) is 5.88.